The van der Waals surface area contributed by atoms with E-state index in [0.717, 1.165) is 19.3 Å². The van der Waals surface area contributed by atoms with Crippen LogP contribution >= 0.6 is 23.4 Å². The molecule has 22 heavy (non-hydrogen) atoms. The molecule has 0 heterocycles. The fourth-order valence-corrected chi connectivity index (χ4v) is 3.46. The van der Waals surface area contributed by atoms with Crippen LogP contribution in [0.3, 0.4) is 0 Å². The molecule has 1 aromatic rings. The fraction of sp³-hybridized carbons (Fsp3) is 0.533. The van der Waals surface area contributed by atoms with Crippen LogP contribution in [-0.2, 0) is 0 Å². The number of halogens is 2. The highest BCUT2D eigenvalue weighted by molar-refractivity contribution is 7.99. The average molecular weight is 347 g/mol. The smallest absolute Gasteiger partial charge is 0.315 e. The zero-order valence-corrected chi connectivity index (χ0v) is 13.9. The van der Waals surface area contributed by atoms with Gasteiger partial charge in [-0.2, -0.15) is 11.8 Å². The van der Waals surface area contributed by atoms with E-state index in [0.29, 0.717) is 10.8 Å². The normalized spacial score (nSPS) is 22.4. The first kappa shape index (κ1) is 17.4. The lowest BCUT2D eigenvalue weighted by molar-refractivity contribution is 0.172. The van der Waals surface area contributed by atoms with Crippen molar-refractivity contribution in [1.82, 2.24) is 10.6 Å². The molecule has 4 nitrogen and oxygen atoms in total. The van der Waals surface area contributed by atoms with Gasteiger partial charge in [0.25, 0.3) is 0 Å². The van der Waals surface area contributed by atoms with Crippen molar-refractivity contribution in [3.05, 3.63) is 34.6 Å². The standard InChI is InChI=1S/C15H20ClFN2O2S/c1-22-11-4-3-10(7-11)19-15(21)18-8-14(20)9-2-5-12(16)13(17)6-9/h2,5-6,10-11,14,20H,3-4,7-8H2,1H3,(H2,18,19,21)/t10-,11-,14-/m1/s1. The van der Waals surface area contributed by atoms with E-state index in [2.05, 4.69) is 16.9 Å². The molecule has 3 N–H and O–H groups in total. The van der Waals surface area contributed by atoms with Gasteiger partial charge in [0.15, 0.2) is 0 Å². The molecular weight excluding hydrogens is 327 g/mol. The summed E-state index contributed by atoms with van der Waals surface area (Å²) in [4.78, 5) is 11.8. The predicted molar refractivity (Wildman–Crippen MR) is 87.8 cm³/mol. The van der Waals surface area contributed by atoms with E-state index in [1.807, 2.05) is 11.8 Å². The third kappa shape index (κ3) is 4.76. The van der Waals surface area contributed by atoms with Crippen LogP contribution in [0, 0.1) is 5.82 Å². The Kier molecular flexibility index (Phi) is 6.35. The summed E-state index contributed by atoms with van der Waals surface area (Å²) in [5.74, 6) is -0.586. The zero-order chi connectivity index (χ0) is 16.1. The highest BCUT2D eigenvalue weighted by atomic mass is 35.5. The minimum absolute atomic E-state index is 0.00577. The Morgan fingerprint density at radius 1 is 1.55 bits per heavy atom. The summed E-state index contributed by atoms with van der Waals surface area (Å²) in [6.07, 6.45) is 4.16. The molecule has 1 saturated carbocycles. The van der Waals surface area contributed by atoms with Gasteiger partial charge in [-0.25, -0.2) is 9.18 Å². The largest absolute Gasteiger partial charge is 0.387 e. The summed E-state index contributed by atoms with van der Waals surface area (Å²) in [6, 6.07) is 3.97. The number of nitrogens with one attached hydrogen (secondary N) is 2. The van der Waals surface area contributed by atoms with E-state index in [-0.39, 0.29) is 23.6 Å². The summed E-state index contributed by atoms with van der Waals surface area (Å²) < 4.78 is 13.3. The number of benzene rings is 1. The molecule has 122 valence electrons. The number of rotatable bonds is 5. The van der Waals surface area contributed by atoms with Gasteiger partial charge in [-0.1, -0.05) is 17.7 Å². The second-order valence-electron chi connectivity index (χ2n) is 5.41. The quantitative estimate of drug-likeness (QED) is 0.767. The van der Waals surface area contributed by atoms with Crippen LogP contribution in [0.2, 0.25) is 5.02 Å². The number of urea groups is 1. The Morgan fingerprint density at radius 2 is 2.32 bits per heavy atom. The summed E-state index contributed by atoms with van der Waals surface area (Å²) in [5.41, 5.74) is 0.380. The van der Waals surface area contributed by atoms with Gasteiger partial charge in [-0.05, 0) is 43.2 Å². The van der Waals surface area contributed by atoms with Crippen LogP contribution in [-0.4, -0.2) is 35.2 Å². The molecular formula is C15H20ClFN2O2S. The zero-order valence-electron chi connectivity index (χ0n) is 12.3. The molecule has 2 amide bonds. The van der Waals surface area contributed by atoms with Crippen molar-refractivity contribution >= 4 is 29.4 Å². The third-order valence-electron chi connectivity index (χ3n) is 3.84. The third-order valence-corrected chi connectivity index (χ3v) is 5.24. The molecule has 0 spiro atoms. The van der Waals surface area contributed by atoms with E-state index < -0.39 is 11.9 Å². The number of amides is 2. The molecule has 1 aromatic carbocycles. The molecule has 3 atom stereocenters. The second kappa shape index (κ2) is 8.04. The van der Waals surface area contributed by atoms with Crippen LogP contribution in [0.25, 0.3) is 0 Å². The summed E-state index contributed by atoms with van der Waals surface area (Å²) in [7, 11) is 0. The highest BCUT2D eigenvalue weighted by Crippen LogP contribution is 2.28. The topological polar surface area (TPSA) is 61.4 Å². The van der Waals surface area contributed by atoms with Crippen molar-refractivity contribution < 1.29 is 14.3 Å². The lowest BCUT2D eigenvalue weighted by Crippen LogP contribution is -2.42. The highest BCUT2D eigenvalue weighted by Gasteiger charge is 2.25. The number of thioether (sulfide) groups is 1. The summed E-state index contributed by atoms with van der Waals surface area (Å²) in [6.45, 7) is 0.0194. The summed E-state index contributed by atoms with van der Waals surface area (Å²) in [5, 5.41) is 16.1. The van der Waals surface area contributed by atoms with Crippen molar-refractivity contribution in [2.24, 2.45) is 0 Å². The number of aliphatic hydroxyl groups excluding tert-OH is 1. The van der Waals surface area contributed by atoms with E-state index in [1.165, 1.54) is 18.2 Å². The molecule has 1 fully saturated rings. The lowest BCUT2D eigenvalue weighted by atomic mass is 10.1. The fourth-order valence-electron chi connectivity index (χ4n) is 2.55. The number of carbonyl (C=O) groups is 1. The molecule has 0 radical (unpaired) electrons. The maximum absolute atomic E-state index is 13.3. The van der Waals surface area contributed by atoms with Gasteiger partial charge in [-0.3, -0.25) is 0 Å². The Labute approximate surface area is 138 Å². The van der Waals surface area contributed by atoms with Crippen LogP contribution in [0.5, 0.6) is 0 Å². The average Bonchev–Trinajstić information content (AvgIpc) is 2.95. The molecule has 7 heteroatoms. The van der Waals surface area contributed by atoms with E-state index in [9.17, 15) is 14.3 Å². The molecule has 0 aliphatic heterocycles. The molecule has 1 aliphatic rings. The van der Waals surface area contributed by atoms with Crippen LogP contribution in [0.4, 0.5) is 9.18 Å². The van der Waals surface area contributed by atoms with Gasteiger partial charge >= 0.3 is 6.03 Å². The molecule has 2 rings (SSSR count). The first-order valence-corrected chi connectivity index (χ1v) is 8.86. The minimum Gasteiger partial charge on any atom is -0.387 e. The Balaban J connectivity index is 1.77. The number of carbonyl (C=O) groups excluding carboxylic acids is 1. The van der Waals surface area contributed by atoms with Crippen molar-refractivity contribution in [2.45, 2.75) is 36.7 Å². The minimum atomic E-state index is -0.972. The Morgan fingerprint density at radius 3 is 2.95 bits per heavy atom. The van der Waals surface area contributed by atoms with Gasteiger partial charge in [0, 0.05) is 17.8 Å². The molecule has 0 aromatic heterocycles. The SMILES string of the molecule is CS[C@@H]1CC[C@@H](NC(=O)NC[C@@H](O)c2ccc(Cl)c(F)c2)C1. The first-order valence-electron chi connectivity index (χ1n) is 7.19. The second-order valence-corrected chi connectivity index (χ2v) is 6.96. The Bertz CT molecular complexity index is 532. The molecule has 0 saturated heterocycles. The van der Waals surface area contributed by atoms with Gasteiger partial charge in [0.05, 0.1) is 11.1 Å². The first-order chi connectivity index (χ1) is 10.5. The van der Waals surface area contributed by atoms with Gasteiger partial charge in [0.2, 0.25) is 0 Å². The van der Waals surface area contributed by atoms with Gasteiger partial charge in [0.1, 0.15) is 5.82 Å². The van der Waals surface area contributed by atoms with Gasteiger partial charge < -0.3 is 15.7 Å². The number of hydrogen-bond donors (Lipinski definition) is 3. The van der Waals surface area contributed by atoms with E-state index >= 15 is 0 Å². The van der Waals surface area contributed by atoms with Crippen molar-refractivity contribution in [1.29, 1.82) is 0 Å². The van der Waals surface area contributed by atoms with Crippen molar-refractivity contribution in [2.75, 3.05) is 12.8 Å². The maximum Gasteiger partial charge on any atom is 0.315 e. The van der Waals surface area contributed by atoms with E-state index in [4.69, 9.17) is 11.6 Å². The van der Waals surface area contributed by atoms with Crippen LogP contribution < -0.4 is 10.6 Å². The van der Waals surface area contributed by atoms with Gasteiger partial charge in [-0.15, -0.1) is 0 Å². The lowest BCUT2D eigenvalue weighted by Gasteiger charge is -2.16. The van der Waals surface area contributed by atoms with Crippen molar-refractivity contribution in [3.63, 3.8) is 0 Å². The number of hydrogen-bond acceptors (Lipinski definition) is 3. The monoisotopic (exact) mass is 346 g/mol. The van der Waals surface area contributed by atoms with Crippen LogP contribution in [0.15, 0.2) is 18.2 Å². The predicted octanol–water partition coefficient (Wildman–Crippen LogP) is 3.10. The molecule has 0 bridgehead atoms. The Hall–Kier alpha value is -0.980. The van der Waals surface area contributed by atoms with Crippen molar-refractivity contribution in [3.8, 4) is 0 Å². The maximum atomic E-state index is 13.3. The molecule has 0 unspecified atom stereocenters. The van der Waals surface area contributed by atoms with Crippen LogP contribution in [0.1, 0.15) is 30.9 Å². The molecule has 1 aliphatic carbocycles. The van der Waals surface area contributed by atoms with E-state index in [1.54, 1.807) is 0 Å². The summed E-state index contributed by atoms with van der Waals surface area (Å²) >= 11 is 7.42. The number of aliphatic hydroxyl groups is 1.